The molecule has 10 heteroatoms. The number of methoxy groups -OCH3 is 1. The summed E-state index contributed by atoms with van der Waals surface area (Å²) in [5.74, 6) is -2.08. The van der Waals surface area contributed by atoms with E-state index in [9.17, 15) is 18.4 Å². The van der Waals surface area contributed by atoms with Crippen molar-refractivity contribution in [2.75, 3.05) is 19.1 Å². The Hall–Kier alpha value is -5.12. The van der Waals surface area contributed by atoms with Crippen molar-refractivity contribution in [1.82, 2.24) is 20.3 Å². The van der Waals surface area contributed by atoms with Gasteiger partial charge in [0, 0.05) is 25.2 Å². The van der Waals surface area contributed by atoms with Gasteiger partial charge in [-0.2, -0.15) is 0 Å². The lowest BCUT2D eigenvalue weighted by molar-refractivity contribution is -0.120. The van der Waals surface area contributed by atoms with Gasteiger partial charge in [-0.05, 0) is 64.4 Å². The molecule has 1 atom stereocenters. The van der Waals surface area contributed by atoms with Crippen LogP contribution in [0.3, 0.4) is 0 Å². The summed E-state index contributed by atoms with van der Waals surface area (Å²) in [6.45, 7) is 0.385. The predicted molar refractivity (Wildman–Crippen MR) is 151 cm³/mol. The molecule has 4 aromatic carbocycles. The highest BCUT2D eigenvalue weighted by atomic mass is 19.1. The monoisotopic (exact) mass is 555 g/mol. The molecule has 0 radical (unpaired) electrons. The van der Waals surface area contributed by atoms with E-state index < -0.39 is 29.5 Å². The fraction of sp³-hybridized carbons (Fsp3) is 0.161. The van der Waals surface area contributed by atoms with E-state index >= 15 is 0 Å². The van der Waals surface area contributed by atoms with Gasteiger partial charge in [-0.25, -0.2) is 13.5 Å². The lowest BCUT2D eigenvalue weighted by Crippen LogP contribution is -2.49. The second kappa shape index (κ2) is 12.0. The van der Waals surface area contributed by atoms with E-state index in [1.807, 2.05) is 42.5 Å². The van der Waals surface area contributed by atoms with Crippen LogP contribution in [0, 0.1) is 11.6 Å². The van der Waals surface area contributed by atoms with Gasteiger partial charge in [0.1, 0.15) is 23.4 Å². The van der Waals surface area contributed by atoms with Crippen molar-refractivity contribution >= 4 is 28.3 Å². The van der Waals surface area contributed by atoms with Gasteiger partial charge >= 0.3 is 0 Å². The van der Waals surface area contributed by atoms with Crippen molar-refractivity contribution in [1.29, 1.82) is 0 Å². The molecule has 1 heterocycles. The van der Waals surface area contributed by atoms with Crippen LogP contribution in [0.15, 0.2) is 91.1 Å². The molecule has 41 heavy (non-hydrogen) atoms. The molecular weight excluding hydrogens is 528 g/mol. The van der Waals surface area contributed by atoms with Crippen molar-refractivity contribution in [2.24, 2.45) is 0 Å². The summed E-state index contributed by atoms with van der Waals surface area (Å²) in [5, 5.41) is 12.9. The number of ether oxygens (including phenoxy) is 1. The summed E-state index contributed by atoms with van der Waals surface area (Å²) in [6, 6.07) is 22.6. The van der Waals surface area contributed by atoms with Gasteiger partial charge in [-0.1, -0.05) is 41.6 Å². The van der Waals surface area contributed by atoms with Crippen LogP contribution in [-0.2, 0) is 17.8 Å². The van der Waals surface area contributed by atoms with Crippen molar-refractivity contribution in [3.63, 3.8) is 0 Å². The number of anilines is 1. The van der Waals surface area contributed by atoms with Crippen LogP contribution in [-0.4, -0.2) is 47.0 Å². The highest BCUT2D eigenvalue weighted by molar-refractivity contribution is 6.01. The first-order chi connectivity index (χ1) is 19.8. The molecule has 1 aromatic heterocycles. The van der Waals surface area contributed by atoms with Crippen LogP contribution < -0.4 is 15.0 Å². The van der Waals surface area contributed by atoms with Crippen molar-refractivity contribution in [3.8, 4) is 5.75 Å². The molecular formula is C31H27F2N5O3. The van der Waals surface area contributed by atoms with Crippen molar-refractivity contribution < 1.29 is 23.1 Å². The quantitative estimate of drug-likeness (QED) is 0.283. The van der Waals surface area contributed by atoms with Crippen LogP contribution in [0.5, 0.6) is 5.75 Å². The lowest BCUT2D eigenvalue weighted by atomic mass is 10.0. The molecule has 208 valence electrons. The molecule has 0 aliphatic rings. The molecule has 1 N–H and O–H groups in total. The Morgan fingerprint density at radius 1 is 0.927 bits per heavy atom. The van der Waals surface area contributed by atoms with E-state index in [0.717, 1.165) is 34.5 Å². The summed E-state index contributed by atoms with van der Waals surface area (Å²) >= 11 is 0. The molecule has 8 nitrogen and oxygen atoms in total. The third-order valence-corrected chi connectivity index (χ3v) is 6.69. The number of carbonyl (C=O) groups excluding carboxylic acids is 2. The maximum Gasteiger partial charge on any atom is 0.274 e. The van der Waals surface area contributed by atoms with Crippen LogP contribution in [0.1, 0.15) is 21.6 Å². The van der Waals surface area contributed by atoms with Gasteiger partial charge in [0.2, 0.25) is 5.91 Å². The van der Waals surface area contributed by atoms with Gasteiger partial charge in [-0.15, -0.1) is 5.10 Å². The summed E-state index contributed by atoms with van der Waals surface area (Å²) in [7, 11) is 3.08. The first-order valence-corrected chi connectivity index (χ1v) is 12.8. The minimum Gasteiger partial charge on any atom is -0.497 e. The van der Waals surface area contributed by atoms with Gasteiger partial charge in [0.05, 0.1) is 19.9 Å². The number of likely N-dealkylation sites (N-methyl/N-ethyl adjacent to an activating group) is 1. The fourth-order valence-electron chi connectivity index (χ4n) is 4.57. The number of carbonyl (C=O) groups is 2. The zero-order valence-corrected chi connectivity index (χ0v) is 22.4. The van der Waals surface area contributed by atoms with E-state index in [-0.39, 0.29) is 17.7 Å². The van der Waals surface area contributed by atoms with Crippen LogP contribution in [0.4, 0.5) is 14.5 Å². The molecule has 0 saturated heterocycles. The topological polar surface area (TPSA) is 89.4 Å². The summed E-state index contributed by atoms with van der Waals surface area (Å²) < 4.78 is 34.5. The fourth-order valence-corrected chi connectivity index (χ4v) is 4.57. The van der Waals surface area contributed by atoms with Crippen LogP contribution in [0.25, 0.3) is 10.8 Å². The first-order valence-electron chi connectivity index (χ1n) is 12.8. The predicted octanol–water partition coefficient (Wildman–Crippen LogP) is 4.77. The molecule has 2 amide bonds. The molecule has 0 aliphatic carbocycles. The van der Waals surface area contributed by atoms with E-state index in [4.69, 9.17) is 4.74 Å². The molecule has 0 aliphatic heterocycles. The number of nitrogens with zero attached hydrogens (tertiary/aromatic N) is 4. The van der Waals surface area contributed by atoms with E-state index in [1.165, 1.54) is 22.9 Å². The number of rotatable bonds is 9. The van der Waals surface area contributed by atoms with Gasteiger partial charge in [0.15, 0.2) is 5.69 Å². The number of halogens is 2. The Bertz CT molecular complexity index is 1680. The minimum absolute atomic E-state index is 0.00103. The summed E-state index contributed by atoms with van der Waals surface area (Å²) in [4.78, 5) is 28.1. The van der Waals surface area contributed by atoms with Crippen molar-refractivity contribution in [3.05, 3.63) is 120 Å². The highest BCUT2D eigenvalue weighted by Crippen LogP contribution is 2.20. The molecule has 1 unspecified atom stereocenters. The number of aromatic nitrogens is 3. The Balaban J connectivity index is 1.35. The Morgan fingerprint density at radius 3 is 2.34 bits per heavy atom. The van der Waals surface area contributed by atoms with Crippen LogP contribution in [0.2, 0.25) is 0 Å². The highest BCUT2D eigenvalue weighted by Gasteiger charge is 2.27. The SMILES string of the molecule is COc1ccc(N(C)C(=O)C(Cc2cc(F)cc(F)c2)NC(=O)c2cn(Cc3ccc4ccccc4c3)nn2)cc1. The zero-order valence-electron chi connectivity index (χ0n) is 22.4. The van der Waals surface area contributed by atoms with Gasteiger partial charge in [-0.3, -0.25) is 9.59 Å². The standard InChI is InChI=1S/C31H27F2N5O3/c1-37(26-9-11-27(41-2)12-10-26)31(40)28(16-21-14-24(32)17-25(33)15-21)34-30(39)29-19-38(36-35-29)18-20-7-8-22-5-3-4-6-23(22)13-20/h3-15,17,19,28H,16,18H2,1-2H3,(H,34,39). The second-order valence-corrected chi connectivity index (χ2v) is 9.59. The number of hydrogen-bond acceptors (Lipinski definition) is 5. The average molecular weight is 556 g/mol. The maximum absolute atomic E-state index is 13.9. The largest absolute Gasteiger partial charge is 0.497 e. The molecule has 0 bridgehead atoms. The van der Waals surface area contributed by atoms with Gasteiger partial charge < -0.3 is 15.0 Å². The van der Waals surface area contributed by atoms with Crippen LogP contribution >= 0.6 is 0 Å². The smallest absolute Gasteiger partial charge is 0.274 e. The number of amides is 2. The molecule has 0 spiro atoms. The van der Waals surface area contributed by atoms with Crippen molar-refractivity contribution in [2.45, 2.75) is 19.0 Å². The summed E-state index contributed by atoms with van der Waals surface area (Å²) in [5.41, 5.74) is 1.73. The Labute approximate surface area is 235 Å². The normalized spacial score (nSPS) is 11.7. The van der Waals surface area contributed by atoms with Gasteiger partial charge in [0.25, 0.3) is 5.91 Å². The number of nitrogens with one attached hydrogen (secondary N) is 1. The molecule has 0 fully saturated rings. The average Bonchev–Trinajstić information content (AvgIpc) is 3.44. The number of benzene rings is 4. The third kappa shape index (κ3) is 6.55. The van der Waals surface area contributed by atoms with E-state index in [1.54, 1.807) is 31.3 Å². The molecule has 5 aromatic rings. The van der Waals surface area contributed by atoms with E-state index in [0.29, 0.717) is 18.0 Å². The van der Waals surface area contributed by atoms with E-state index in [2.05, 4.69) is 15.6 Å². The first kappa shape index (κ1) is 27.4. The lowest BCUT2D eigenvalue weighted by Gasteiger charge is -2.25. The third-order valence-electron chi connectivity index (χ3n) is 6.69. The minimum atomic E-state index is -1.15. The zero-order chi connectivity index (χ0) is 28.9. The Morgan fingerprint density at radius 2 is 1.63 bits per heavy atom. The Kier molecular flexibility index (Phi) is 8.00. The maximum atomic E-state index is 13.9. The molecule has 5 rings (SSSR count). The second-order valence-electron chi connectivity index (χ2n) is 9.59. The number of hydrogen-bond donors (Lipinski definition) is 1. The summed E-state index contributed by atoms with van der Waals surface area (Å²) in [6.07, 6.45) is 1.34. The number of fused-ring (bicyclic) bond motifs is 1. The molecule has 0 saturated carbocycles.